The number of likely N-dealkylation sites (tertiary alicyclic amines) is 1. The minimum atomic E-state index is -0.967. The lowest BCUT2D eigenvalue weighted by Crippen LogP contribution is -2.47. The minimum Gasteiger partial charge on any atom is -0.385 e. The van der Waals surface area contributed by atoms with Crippen molar-refractivity contribution in [2.75, 3.05) is 18.4 Å². The number of aliphatic hydroxyl groups is 1. The number of fused-ring (bicyclic) bond motifs is 1. The van der Waals surface area contributed by atoms with E-state index in [4.69, 9.17) is 11.6 Å². The number of para-hydroxylation sites is 1. The molecule has 0 aliphatic carbocycles. The van der Waals surface area contributed by atoms with Crippen molar-refractivity contribution < 1.29 is 9.90 Å². The summed E-state index contributed by atoms with van der Waals surface area (Å²) in [6.45, 7) is 2.82. The van der Waals surface area contributed by atoms with E-state index < -0.39 is 5.60 Å². The Kier molecular flexibility index (Phi) is 4.53. The summed E-state index contributed by atoms with van der Waals surface area (Å²) in [5.74, 6) is 0.516. The fourth-order valence-corrected chi connectivity index (χ4v) is 3.87. The molecule has 6 nitrogen and oxygen atoms in total. The van der Waals surface area contributed by atoms with E-state index >= 15 is 0 Å². The maximum atomic E-state index is 12.6. The summed E-state index contributed by atoms with van der Waals surface area (Å²) < 4.78 is 0. The van der Waals surface area contributed by atoms with Gasteiger partial charge in [0, 0.05) is 23.5 Å². The third-order valence-corrected chi connectivity index (χ3v) is 5.75. The maximum absolute atomic E-state index is 12.6. The number of piperidine rings is 1. The summed E-state index contributed by atoms with van der Waals surface area (Å²) in [6, 6.07) is 13.0. The lowest BCUT2D eigenvalue weighted by molar-refractivity contribution is -0.0161. The minimum absolute atomic E-state index is 0.211. The van der Waals surface area contributed by atoms with Crippen molar-refractivity contribution in [3.63, 3.8) is 0 Å². The molecule has 1 aliphatic heterocycles. The first-order chi connectivity index (χ1) is 13.0. The average molecular weight is 385 g/mol. The predicted molar refractivity (Wildman–Crippen MR) is 106 cm³/mol. The van der Waals surface area contributed by atoms with Gasteiger partial charge in [0.15, 0.2) is 5.82 Å². The zero-order valence-corrected chi connectivity index (χ0v) is 15.8. The molecular formula is C20H21ClN4O2. The van der Waals surface area contributed by atoms with Gasteiger partial charge in [0.1, 0.15) is 0 Å². The molecule has 0 spiro atoms. The van der Waals surface area contributed by atoms with E-state index in [0.29, 0.717) is 36.8 Å². The summed E-state index contributed by atoms with van der Waals surface area (Å²) >= 11 is 6.21. The molecule has 0 radical (unpaired) electrons. The average Bonchev–Trinajstić information content (AvgIpc) is 3.07. The van der Waals surface area contributed by atoms with E-state index in [1.54, 1.807) is 4.90 Å². The van der Waals surface area contributed by atoms with Crippen molar-refractivity contribution in [3.8, 4) is 0 Å². The molecule has 1 saturated heterocycles. The van der Waals surface area contributed by atoms with Gasteiger partial charge in [-0.25, -0.2) is 4.79 Å². The Hall–Kier alpha value is -2.57. The molecule has 2 amide bonds. The number of halogens is 1. The summed E-state index contributed by atoms with van der Waals surface area (Å²) in [5, 5.41) is 22.6. The smallest absolute Gasteiger partial charge is 0.323 e. The van der Waals surface area contributed by atoms with Crippen molar-refractivity contribution >= 4 is 34.4 Å². The highest BCUT2D eigenvalue weighted by atomic mass is 35.5. The van der Waals surface area contributed by atoms with E-state index in [1.807, 2.05) is 49.4 Å². The van der Waals surface area contributed by atoms with Crippen LogP contribution in [0.2, 0.25) is 5.02 Å². The van der Waals surface area contributed by atoms with Gasteiger partial charge in [-0.15, -0.1) is 0 Å². The van der Waals surface area contributed by atoms with Crippen LogP contribution in [0, 0.1) is 6.92 Å². The van der Waals surface area contributed by atoms with Crippen LogP contribution >= 0.6 is 11.6 Å². The van der Waals surface area contributed by atoms with E-state index in [1.165, 1.54) is 0 Å². The van der Waals surface area contributed by atoms with Gasteiger partial charge < -0.3 is 10.0 Å². The Bertz CT molecular complexity index is 993. The number of H-pyrrole nitrogens is 1. The number of anilines is 1. The van der Waals surface area contributed by atoms with Gasteiger partial charge in [-0.3, -0.25) is 10.4 Å². The van der Waals surface area contributed by atoms with Gasteiger partial charge in [-0.1, -0.05) is 35.9 Å². The molecule has 0 saturated carbocycles. The first kappa shape index (κ1) is 17.8. The fourth-order valence-electron chi connectivity index (χ4n) is 3.70. The number of amides is 2. The number of hydrogen-bond donors (Lipinski definition) is 3. The highest BCUT2D eigenvalue weighted by Gasteiger charge is 2.36. The molecule has 140 valence electrons. The number of aromatic amines is 1. The van der Waals surface area contributed by atoms with Crippen LogP contribution in [-0.4, -0.2) is 39.3 Å². The van der Waals surface area contributed by atoms with E-state index in [0.717, 1.165) is 22.0 Å². The van der Waals surface area contributed by atoms with Crippen LogP contribution in [0.4, 0.5) is 10.6 Å². The monoisotopic (exact) mass is 384 g/mol. The number of aromatic nitrogens is 2. The number of carbonyl (C=O) groups excluding carboxylic acids is 1. The summed E-state index contributed by atoms with van der Waals surface area (Å²) in [7, 11) is 0. The Morgan fingerprint density at radius 1 is 1.22 bits per heavy atom. The third-order valence-electron chi connectivity index (χ3n) is 5.34. The van der Waals surface area contributed by atoms with Crippen LogP contribution in [0.25, 0.3) is 10.9 Å². The van der Waals surface area contributed by atoms with Crippen LogP contribution in [0.3, 0.4) is 0 Å². The zero-order chi connectivity index (χ0) is 19.0. The van der Waals surface area contributed by atoms with Crippen LogP contribution in [0.5, 0.6) is 0 Å². The van der Waals surface area contributed by atoms with Crippen LogP contribution in [-0.2, 0) is 5.60 Å². The van der Waals surface area contributed by atoms with Crippen molar-refractivity contribution in [2.45, 2.75) is 25.4 Å². The number of urea groups is 1. The lowest BCUT2D eigenvalue weighted by atomic mass is 9.82. The second kappa shape index (κ2) is 6.87. The van der Waals surface area contributed by atoms with Gasteiger partial charge >= 0.3 is 6.03 Å². The molecule has 1 aromatic heterocycles. The SMILES string of the molecule is Cc1c(Cl)cccc1C1(O)CCN(C(=O)Nc2n[nH]c3ccccc23)CC1. The molecule has 2 aromatic carbocycles. The van der Waals surface area contributed by atoms with Gasteiger partial charge in [0.05, 0.1) is 11.1 Å². The third kappa shape index (κ3) is 3.26. The molecule has 3 aromatic rings. The quantitative estimate of drug-likeness (QED) is 0.623. The molecule has 2 heterocycles. The number of hydrogen-bond acceptors (Lipinski definition) is 3. The first-order valence-electron chi connectivity index (χ1n) is 8.95. The van der Waals surface area contributed by atoms with Crippen LogP contribution < -0.4 is 5.32 Å². The molecule has 0 bridgehead atoms. The normalized spacial score (nSPS) is 16.5. The van der Waals surface area contributed by atoms with Crippen LogP contribution in [0.1, 0.15) is 24.0 Å². The molecule has 27 heavy (non-hydrogen) atoms. The molecule has 0 unspecified atom stereocenters. The number of rotatable bonds is 2. The van der Waals surface area contributed by atoms with Crippen LogP contribution in [0.15, 0.2) is 42.5 Å². The Balaban J connectivity index is 1.46. The predicted octanol–water partition coefficient (Wildman–Crippen LogP) is 4.04. The standard InChI is InChI=1S/C20H21ClN4O2/c1-13-15(6-4-7-16(13)21)20(27)9-11-25(12-10-20)19(26)22-18-14-5-2-3-8-17(14)23-24-18/h2-8,27H,9-12H2,1H3,(H2,22,23,24,26). The molecular weight excluding hydrogens is 364 g/mol. The van der Waals surface area contributed by atoms with Crippen molar-refractivity contribution in [1.82, 2.24) is 15.1 Å². The largest absolute Gasteiger partial charge is 0.385 e. The number of carbonyl (C=O) groups is 1. The number of nitrogens with one attached hydrogen (secondary N) is 2. The van der Waals surface area contributed by atoms with E-state index in [9.17, 15) is 9.90 Å². The van der Waals surface area contributed by atoms with E-state index in [2.05, 4.69) is 15.5 Å². The van der Waals surface area contributed by atoms with Gasteiger partial charge in [0.2, 0.25) is 0 Å². The molecule has 1 aliphatic rings. The summed E-state index contributed by atoms with van der Waals surface area (Å²) in [4.78, 5) is 14.3. The second-order valence-electron chi connectivity index (χ2n) is 6.98. The van der Waals surface area contributed by atoms with Crippen molar-refractivity contribution in [1.29, 1.82) is 0 Å². The first-order valence-corrected chi connectivity index (χ1v) is 9.33. The molecule has 0 atom stereocenters. The van der Waals surface area contributed by atoms with Gasteiger partial charge in [0.25, 0.3) is 0 Å². The molecule has 3 N–H and O–H groups in total. The maximum Gasteiger partial charge on any atom is 0.323 e. The highest BCUT2D eigenvalue weighted by molar-refractivity contribution is 6.31. The molecule has 4 rings (SSSR count). The summed E-state index contributed by atoms with van der Waals surface area (Å²) in [5.41, 5.74) is 1.64. The zero-order valence-electron chi connectivity index (χ0n) is 15.0. The van der Waals surface area contributed by atoms with Crippen molar-refractivity contribution in [2.24, 2.45) is 0 Å². The lowest BCUT2D eigenvalue weighted by Gasteiger charge is -2.39. The molecule has 7 heteroatoms. The Labute approximate surface area is 162 Å². The van der Waals surface area contributed by atoms with Gasteiger partial charge in [-0.05, 0) is 49.1 Å². The number of benzene rings is 2. The van der Waals surface area contributed by atoms with E-state index in [-0.39, 0.29) is 6.03 Å². The Morgan fingerprint density at radius 2 is 1.96 bits per heavy atom. The van der Waals surface area contributed by atoms with Crippen molar-refractivity contribution in [3.05, 3.63) is 58.6 Å². The summed E-state index contributed by atoms with van der Waals surface area (Å²) in [6.07, 6.45) is 0.922. The topological polar surface area (TPSA) is 81.2 Å². The number of nitrogens with zero attached hydrogens (tertiary/aromatic N) is 2. The molecule has 1 fully saturated rings. The Morgan fingerprint density at radius 3 is 2.74 bits per heavy atom. The second-order valence-corrected chi connectivity index (χ2v) is 7.39. The highest BCUT2D eigenvalue weighted by Crippen LogP contribution is 2.36. The fraction of sp³-hybridized carbons (Fsp3) is 0.300. The van der Waals surface area contributed by atoms with Gasteiger partial charge in [-0.2, -0.15) is 5.10 Å².